The number of piperidine rings is 1. The zero-order chi connectivity index (χ0) is 15.2. The first kappa shape index (κ1) is 18.4. The number of halogens is 1. The van der Waals surface area contributed by atoms with E-state index in [0.717, 1.165) is 25.1 Å². The summed E-state index contributed by atoms with van der Waals surface area (Å²) >= 11 is 0. The number of nitro benzene ring substituents is 1. The molecule has 0 radical (unpaired) electrons. The standard InChI is InChI=1S/C15H21N3O3.ClH/c1-11-4-5-14(18(20)21)13(9-11)15(19)17-8-6-12-3-2-7-16-10-12;/h4-5,9,12,16H,2-3,6-8,10H2,1H3,(H,17,19);1H. The molecule has 0 saturated carbocycles. The second kappa shape index (κ2) is 8.70. The molecule has 22 heavy (non-hydrogen) atoms. The fourth-order valence-electron chi connectivity index (χ4n) is 2.65. The monoisotopic (exact) mass is 327 g/mol. The van der Waals surface area contributed by atoms with Gasteiger partial charge in [-0.15, -0.1) is 12.4 Å². The number of benzene rings is 1. The number of carbonyl (C=O) groups is 1. The molecule has 122 valence electrons. The molecule has 1 unspecified atom stereocenters. The lowest BCUT2D eigenvalue weighted by atomic mass is 9.96. The quantitative estimate of drug-likeness (QED) is 0.642. The lowest BCUT2D eigenvalue weighted by molar-refractivity contribution is -0.385. The van der Waals surface area contributed by atoms with E-state index in [9.17, 15) is 14.9 Å². The third-order valence-corrected chi connectivity index (χ3v) is 3.83. The van der Waals surface area contributed by atoms with E-state index in [1.54, 1.807) is 12.1 Å². The predicted octanol–water partition coefficient (Wildman–Crippen LogP) is 2.44. The number of nitrogens with one attached hydrogen (secondary N) is 2. The number of aryl methyl sites for hydroxylation is 1. The van der Waals surface area contributed by atoms with Gasteiger partial charge in [0.15, 0.2) is 0 Å². The van der Waals surface area contributed by atoms with E-state index in [1.165, 1.54) is 18.9 Å². The summed E-state index contributed by atoms with van der Waals surface area (Å²) in [7, 11) is 0. The van der Waals surface area contributed by atoms with Crippen molar-refractivity contribution in [2.45, 2.75) is 26.2 Å². The fraction of sp³-hybridized carbons (Fsp3) is 0.533. The largest absolute Gasteiger partial charge is 0.352 e. The molecule has 0 aromatic heterocycles. The van der Waals surface area contributed by atoms with Gasteiger partial charge in [-0.2, -0.15) is 0 Å². The van der Waals surface area contributed by atoms with Crippen molar-refractivity contribution < 1.29 is 9.72 Å². The third kappa shape index (κ3) is 4.96. The van der Waals surface area contributed by atoms with Crippen LogP contribution in [0.1, 0.15) is 35.2 Å². The number of rotatable bonds is 5. The van der Waals surface area contributed by atoms with Crippen molar-refractivity contribution in [2.24, 2.45) is 5.92 Å². The molecule has 1 heterocycles. The van der Waals surface area contributed by atoms with Crippen LogP contribution in [-0.4, -0.2) is 30.5 Å². The first-order chi connectivity index (χ1) is 10.1. The van der Waals surface area contributed by atoms with E-state index >= 15 is 0 Å². The average molecular weight is 328 g/mol. The molecule has 6 nitrogen and oxygen atoms in total. The van der Waals surface area contributed by atoms with Crippen LogP contribution in [-0.2, 0) is 0 Å². The number of nitro groups is 1. The maximum absolute atomic E-state index is 12.1. The van der Waals surface area contributed by atoms with Gasteiger partial charge in [0.05, 0.1) is 4.92 Å². The van der Waals surface area contributed by atoms with Gasteiger partial charge in [-0.05, 0) is 56.8 Å². The molecule has 0 bridgehead atoms. The molecule has 1 aromatic rings. The summed E-state index contributed by atoms with van der Waals surface area (Å²) in [5, 5.41) is 17.1. The molecule has 1 aliphatic rings. The van der Waals surface area contributed by atoms with Crippen LogP contribution in [0.15, 0.2) is 18.2 Å². The van der Waals surface area contributed by atoms with E-state index < -0.39 is 4.92 Å². The number of nitrogens with zero attached hydrogens (tertiary/aromatic N) is 1. The number of carbonyl (C=O) groups excluding carboxylic acids is 1. The second-order valence-corrected chi connectivity index (χ2v) is 5.53. The van der Waals surface area contributed by atoms with E-state index in [0.29, 0.717) is 12.5 Å². The van der Waals surface area contributed by atoms with E-state index in [-0.39, 0.29) is 29.6 Å². The topological polar surface area (TPSA) is 84.3 Å². The van der Waals surface area contributed by atoms with Crippen LogP contribution < -0.4 is 10.6 Å². The van der Waals surface area contributed by atoms with Crippen LogP contribution in [0.3, 0.4) is 0 Å². The van der Waals surface area contributed by atoms with Crippen LogP contribution in [0.4, 0.5) is 5.69 Å². The molecule has 7 heteroatoms. The summed E-state index contributed by atoms with van der Waals surface area (Å²) in [5.74, 6) is 0.209. The number of hydrogen-bond donors (Lipinski definition) is 2. The summed E-state index contributed by atoms with van der Waals surface area (Å²) in [6.45, 7) is 4.42. The van der Waals surface area contributed by atoms with Crippen LogP contribution in [0.2, 0.25) is 0 Å². The van der Waals surface area contributed by atoms with Crippen LogP contribution >= 0.6 is 12.4 Å². The van der Waals surface area contributed by atoms with Crippen molar-refractivity contribution in [3.63, 3.8) is 0 Å². The maximum Gasteiger partial charge on any atom is 0.282 e. The minimum atomic E-state index is -0.514. The van der Waals surface area contributed by atoms with Gasteiger partial charge in [-0.1, -0.05) is 6.07 Å². The highest BCUT2D eigenvalue weighted by atomic mass is 35.5. The third-order valence-electron chi connectivity index (χ3n) is 3.83. The average Bonchev–Trinajstić information content (AvgIpc) is 2.47. The van der Waals surface area contributed by atoms with Gasteiger partial charge in [-0.3, -0.25) is 14.9 Å². The molecule has 1 amide bonds. The Balaban J connectivity index is 0.00000242. The SMILES string of the molecule is Cc1ccc([N+](=O)[O-])c(C(=O)NCCC2CCCNC2)c1.Cl. The number of amides is 1. The molecule has 0 aliphatic carbocycles. The highest BCUT2D eigenvalue weighted by Gasteiger charge is 2.20. The Labute approximate surface area is 136 Å². The van der Waals surface area contributed by atoms with Gasteiger partial charge in [0, 0.05) is 12.6 Å². The van der Waals surface area contributed by atoms with Gasteiger partial charge in [-0.25, -0.2) is 0 Å². The van der Waals surface area contributed by atoms with Crippen molar-refractivity contribution in [1.82, 2.24) is 10.6 Å². The molecule has 1 aliphatic heterocycles. The van der Waals surface area contributed by atoms with Crippen molar-refractivity contribution in [3.8, 4) is 0 Å². The van der Waals surface area contributed by atoms with Crippen molar-refractivity contribution >= 4 is 24.0 Å². The first-order valence-electron chi connectivity index (χ1n) is 7.32. The highest BCUT2D eigenvalue weighted by Crippen LogP contribution is 2.20. The molecule has 1 saturated heterocycles. The van der Waals surface area contributed by atoms with Crippen LogP contribution in [0.25, 0.3) is 0 Å². The summed E-state index contributed by atoms with van der Waals surface area (Å²) in [6.07, 6.45) is 3.24. The fourth-order valence-corrected chi connectivity index (χ4v) is 2.65. The summed E-state index contributed by atoms with van der Waals surface area (Å²) in [4.78, 5) is 22.6. The minimum absolute atomic E-state index is 0. The van der Waals surface area contributed by atoms with Crippen molar-refractivity contribution in [2.75, 3.05) is 19.6 Å². The Morgan fingerprint density at radius 1 is 1.50 bits per heavy atom. The van der Waals surface area contributed by atoms with E-state index in [1.807, 2.05) is 6.92 Å². The normalized spacial score (nSPS) is 17.4. The molecule has 0 spiro atoms. The van der Waals surface area contributed by atoms with Crippen LogP contribution in [0, 0.1) is 23.0 Å². The molecular weight excluding hydrogens is 306 g/mol. The first-order valence-corrected chi connectivity index (χ1v) is 7.32. The molecular formula is C15H22ClN3O3. The Kier molecular flexibility index (Phi) is 7.27. The maximum atomic E-state index is 12.1. The van der Waals surface area contributed by atoms with Gasteiger partial charge in [0.1, 0.15) is 5.56 Å². The van der Waals surface area contributed by atoms with E-state index in [2.05, 4.69) is 10.6 Å². The number of hydrogen-bond acceptors (Lipinski definition) is 4. The second-order valence-electron chi connectivity index (χ2n) is 5.53. The van der Waals surface area contributed by atoms with Gasteiger partial charge in [0.2, 0.25) is 0 Å². The Hall–Kier alpha value is -1.66. The zero-order valence-corrected chi connectivity index (χ0v) is 13.4. The highest BCUT2D eigenvalue weighted by molar-refractivity contribution is 5.98. The molecule has 1 atom stereocenters. The van der Waals surface area contributed by atoms with Crippen molar-refractivity contribution in [3.05, 3.63) is 39.4 Å². The lowest BCUT2D eigenvalue weighted by Crippen LogP contribution is -2.33. The summed E-state index contributed by atoms with van der Waals surface area (Å²) in [5.41, 5.74) is 0.835. The van der Waals surface area contributed by atoms with Gasteiger partial charge >= 0.3 is 0 Å². The Morgan fingerprint density at radius 2 is 2.27 bits per heavy atom. The van der Waals surface area contributed by atoms with E-state index in [4.69, 9.17) is 0 Å². The van der Waals surface area contributed by atoms with Crippen molar-refractivity contribution in [1.29, 1.82) is 0 Å². The zero-order valence-electron chi connectivity index (χ0n) is 12.6. The smallest absolute Gasteiger partial charge is 0.282 e. The Morgan fingerprint density at radius 3 is 2.91 bits per heavy atom. The minimum Gasteiger partial charge on any atom is -0.352 e. The summed E-state index contributed by atoms with van der Waals surface area (Å²) < 4.78 is 0. The molecule has 1 aromatic carbocycles. The van der Waals surface area contributed by atoms with Gasteiger partial charge < -0.3 is 10.6 Å². The Bertz CT molecular complexity index is 531. The lowest BCUT2D eigenvalue weighted by Gasteiger charge is -2.22. The summed E-state index contributed by atoms with van der Waals surface area (Å²) in [6, 6.07) is 4.59. The van der Waals surface area contributed by atoms with Crippen LogP contribution in [0.5, 0.6) is 0 Å². The van der Waals surface area contributed by atoms with Gasteiger partial charge in [0.25, 0.3) is 11.6 Å². The molecule has 2 N–H and O–H groups in total. The molecule has 2 rings (SSSR count). The predicted molar refractivity (Wildman–Crippen MR) is 87.6 cm³/mol. The molecule has 1 fully saturated rings.